The number of H-pyrrole nitrogens is 1. The van der Waals surface area contributed by atoms with Gasteiger partial charge in [-0.2, -0.15) is 22.1 Å². The lowest BCUT2D eigenvalue weighted by Gasteiger charge is -2.33. The van der Waals surface area contributed by atoms with E-state index in [1.54, 1.807) is 30.8 Å². The van der Waals surface area contributed by atoms with Crippen molar-refractivity contribution in [3.8, 4) is 11.4 Å². The first-order chi connectivity index (χ1) is 11.9. The van der Waals surface area contributed by atoms with Crippen LogP contribution in [0.3, 0.4) is 0 Å². The number of piperidine rings is 1. The van der Waals surface area contributed by atoms with Crippen LogP contribution in [0, 0.1) is 12.8 Å². The minimum Gasteiger partial charge on any atom is -0.282 e. The molecule has 2 aromatic heterocycles. The van der Waals surface area contributed by atoms with E-state index in [9.17, 15) is 8.42 Å². The highest BCUT2D eigenvalue weighted by molar-refractivity contribution is 7.86. The van der Waals surface area contributed by atoms with Crippen LogP contribution in [0.1, 0.15) is 24.2 Å². The molecule has 9 heteroatoms. The molecule has 0 aromatic carbocycles. The summed E-state index contributed by atoms with van der Waals surface area (Å²) in [5, 5.41) is 7.20. The van der Waals surface area contributed by atoms with E-state index in [0.29, 0.717) is 19.5 Å². The molecule has 1 aliphatic rings. The van der Waals surface area contributed by atoms with E-state index < -0.39 is 10.2 Å². The lowest BCUT2D eigenvalue weighted by atomic mass is 9.93. The SMILES string of the molecule is Cc1cc(-c2nccnc2CC2CCCN(S(=O)(=O)N(C)C)C2)n[nH]1. The summed E-state index contributed by atoms with van der Waals surface area (Å²) in [6, 6.07) is 1.94. The highest BCUT2D eigenvalue weighted by Gasteiger charge is 2.31. The molecule has 3 heterocycles. The average molecular weight is 364 g/mol. The normalized spacial score (nSPS) is 19.4. The van der Waals surface area contributed by atoms with Crippen LogP contribution in [0.15, 0.2) is 18.5 Å². The van der Waals surface area contributed by atoms with Crippen molar-refractivity contribution in [3.05, 3.63) is 29.8 Å². The molecular formula is C16H24N6O2S. The topological polar surface area (TPSA) is 95.1 Å². The second-order valence-electron chi connectivity index (χ2n) is 6.65. The summed E-state index contributed by atoms with van der Waals surface area (Å²) < 4.78 is 27.6. The summed E-state index contributed by atoms with van der Waals surface area (Å²) in [5.41, 5.74) is 3.37. The molecule has 25 heavy (non-hydrogen) atoms. The second kappa shape index (κ2) is 7.19. The first-order valence-corrected chi connectivity index (χ1v) is 9.77. The highest BCUT2D eigenvalue weighted by atomic mass is 32.2. The summed E-state index contributed by atoms with van der Waals surface area (Å²) in [7, 11) is -0.233. The van der Waals surface area contributed by atoms with Gasteiger partial charge >= 0.3 is 0 Å². The van der Waals surface area contributed by atoms with E-state index >= 15 is 0 Å². The Morgan fingerprint density at radius 3 is 2.76 bits per heavy atom. The van der Waals surface area contributed by atoms with Crippen molar-refractivity contribution < 1.29 is 8.42 Å². The highest BCUT2D eigenvalue weighted by Crippen LogP contribution is 2.26. The zero-order chi connectivity index (χ0) is 18.0. The van der Waals surface area contributed by atoms with Gasteiger partial charge in [-0.1, -0.05) is 0 Å². The minimum absolute atomic E-state index is 0.221. The number of hydrogen-bond acceptors (Lipinski definition) is 5. The van der Waals surface area contributed by atoms with Crippen LogP contribution in [-0.2, 0) is 16.6 Å². The van der Waals surface area contributed by atoms with E-state index in [2.05, 4.69) is 20.2 Å². The zero-order valence-electron chi connectivity index (χ0n) is 14.8. The van der Waals surface area contributed by atoms with Gasteiger partial charge in [0, 0.05) is 45.3 Å². The maximum atomic E-state index is 12.4. The summed E-state index contributed by atoms with van der Waals surface area (Å²) in [6.45, 7) is 3.02. The molecule has 0 spiro atoms. The van der Waals surface area contributed by atoms with Gasteiger partial charge in [0.05, 0.1) is 5.69 Å². The van der Waals surface area contributed by atoms with Crippen molar-refractivity contribution in [1.29, 1.82) is 0 Å². The van der Waals surface area contributed by atoms with Crippen molar-refractivity contribution in [2.24, 2.45) is 5.92 Å². The maximum absolute atomic E-state index is 12.4. The number of nitrogens with one attached hydrogen (secondary N) is 1. The van der Waals surface area contributed by atoms with E-state index in [0.717, 1.165) is 35.6 Å². The predicted octanol–water partition coefficient (Wildman–Crippen LogP) is 1.24. The van der Waals surface area contributed by atoms with Gasteiger partial charge < -0.3 is 0 Å². The van der Waals surface area contributed by atoms with Crippen LogP contribution in [0.5, 0.6) is 0 Å². The van der Waals surface area contributed by atoms with Gasteiger partial charge in [-0.3, -0.25) is 15.1 Å². The van der Waals surface area contributed by atoms with Crippen LogP contribution in [0.4, 0.5) is 0 Å². The van der Waals surface area contributed by atoms with Crippen LogP contribution in [0.25, 0.3) is 11.4 Å². The summed E-state index contributed by atoms with van der Waals surface area (Å²) >= 11 is 0. The maximum Gasteiger partial charge on any atom is 0.281 e. The fourth-order valence-electron chi connectivity index (χ4n) is 3.18. The molecule has 0 amide bonds. The third-order valence-electron chi connectivity index (χ3n) is 4.47. The van der Waals surface area contributed by atoms with Crippen LogP contribution in [0.2, 0.25) is 0 Å². The van der Waals surface area contributed by atoms with Crippen molar-refractivity contribution >= 4 is 10.2 Å². The van der Waals surface area contributed by atoms with E-state index in [1.165, 1.54) is 4.31 Å². The van der Waals surface area contributed by atoms with Crippen LogP contribution < -0.4 is 0 Å². The number of rotatable bonds is 5. The second-order valence-corrected chi connectivity index (χ2v) is 8.79. The Morgan fingerprint density at radius 2 is 2.08 bits per heavy atom. The van der Waals surface area contributed by atoms with Crippen molar-refractivity contribution in [2.75, 3.05) is 27.2 Å². The number of aromatic amines is 1. The first-order valence-electron chi connectivity index (χ1n) is 8.38. The van der Waals surface area contributed by atoms with Gasteiger partial charge in [-0.25, -0.2) is 0 Å². The summed E-state index contributed by atoms with van der Waals surface area (Å²) in [5.74, 6) is 0.221. The monoisotopic (exact) mass is 364 g/mol. The number of aromatic nitrogens is 4. The van der Waals surface area contributed by atoms with Gasteiger partial charge in [-0.05, 0) is 38.2 Å². The van der Waals surface area contributed by atoms with Gasteiger partial charge in [-0.15, -0.1) is 0 Å². The Morgan fingerprint density at radius 1 is 1.32 bits per heavy atom. The van der Waals surface area contributed by atoms with Crippen molar-refractivity contribution in [1.82, 2.24) is 28.8 Å². The molecule has 3 rings (SSSR count). The molecule has 0 bridgehead atoms. The Labute approximate surface area is 148 Å². The van der Waals surface area contributed by atoms with E-state index in [1.807, 2.05) is 13.0 Å². The third-order valence-corrected chi connectivity index (χ3v) is 6.38. The van der Waals surface area contributed by atoms with Gasteiger partial charge in [0.1, 0.15) is 11.4 Å². The smallest absolute Gasteiger partial charge is 0.281 e. The molecule has 1 atom stereocenters. The molecule has 0 radical (unpaired) electrons. The minimum atomic E-state index is -3.37. The lowest BCUT2D eigenvalue weighted by molar-refractivity contribution is 0.253. The summed E-state index contributed by atoms with van der Waals surface area (Å²) in [4.78, 5) is 8.92. The molecule has 1 N–H and O–H groups in total. The van der Waals surface area contributed by atoms with Gasteiger partial charge in [0.25, 0.3) is 10.2 Å². The largest absolute Gasteiger partial charge is 0.282 e. The lowest BCUT2D eigenvalue weighted by Crippen LogP contribution is -2.45. The molecule has 0 saturated carbocycles. The molecular weight excluding hydrogens is 340 g/mol. The molecule has 136 valence electrons. The molecule has 1 aliphatic heterocycles. The Balaban J connectivity index is 1.79. The quantitative estimate of drug-likeness (QED) is 0.861. The Kier molecular flexibility index (Phi) is 5.16. The standard InChI is InChI=1S/C16H24N6O2S/c1-12-9-15(20-19-12)16-14(17-6-7-18-16)10-13-5-4-8-22(11-13)25(23,24)21(2)3/h6-7,9,13H,4-5,8,10-11H2,1-3H3,(H,19,20). The fourth-order valence-corrected chi connectivity index (χ4v) is 4.40. The zero-order valence-corrected chi connectivity index (χ0v) is 15.6. The van der Waals surface area contributed by atoms with Gasteiger partial charge in [0.2, 0.25) is 0 Å². The fraction of sp³-hybridized carbons (Fsp3) is 0.562. The molecule has 0 aliphatic carbocycles. The van der Waals surface area contributed by atoms with Gasteiger partial charge in [0.15, 0.2) is 0 Å². The summed E-state index contributed by atoms with van der Waals surface area (Å²) in [6.07, 6.45) is 5.86. The Bertz CT molecular complexity index is 833. The number of nitrogens with zero attached hydrogens (tertiary/aromatic N) is 5. The van der Waals surface area contributed by atoms with E-state index in [-0.39, 0.29) is 5.92 Å². The molecule has 1 unspecified atom stereocenters. The molecule has 2 aromatic rings. The number of aryl methyl sites for hydroxylation is 1. The Hall–Kier alpha value is -1.84. The van der Waals surface area contributed by atoms with Crippen molar-refractivity contribution in [2.45, 2.75) is 26.2 Å². The first kappa shape index (κ1) is 18.0. The van der Waals surface area contributed by atoms with Crippen molar-refractivity contribution in [3.63, 3.8) is 0 Å². The molecule has 8 nitrogen and oxygen atoms in total. The molecule has 1 fully saturated rings. The predicted molar refractivity (Wildman–Crippen MR) is 95.0 cm³/mol. The van der Waals surface area contributed by atoms with Crippen LogP contribution in [-0.4, -0.2) is 64.4 Å². The van der Waals surface area contributed by atoms with E-state index in [4.69, 9.17) is 0 Å². The number of hydrogen-bond donors (Lipinski definition) is 1. The van der Waals surface area contributed by atoms with Crippen LogP contribution >= 0.6 is 0 Å². The third kappa shape index (κ3) is 3.88. The molecule has 1 saturated heterocycles. The average Bonchev–Trinajstić information content (AvgIpc) is 3.02.